The van der Waals surface area contributed by atoms with Gasteiger partial charge in [-0.1, -0.05) is 13.8 Å². The van der Waals surface area contributed by atoms with Crippen molar-refractivity contribution in [3.63, 3.8) is 0 Å². The number of pyridine rings is 1. The molecule has 0 bridgehead atoms. The van der Waals surface area contributed by atoms with Gasteiger partial charge in [-0.3, -0.25) is 0 Å². The van der Waals surface area contributed by atoms with Gasteiger partial charge >= 0.3 is 0 Å². The minimum atomic E-state index is -0.420. The van der Waals surface area contributed by atoms with Gasteiger partial charge in [-0.25, -0.2) is 4.98 Å². The number of hydrogen-bond acceptors (Lipinski definition) is 3. The van der Waals surface area contributed by atoms with E-state index in [2.05, 4.69) is 23.7 Å². The third kappa shape index (κ3) is 2.97. The Labute approximate surface area is 103 Å². The molecule has 0 aliphatic carbocycles. The van der Waals surface area contributed by atoms with Crippen molar-refractivity contribution in [3.05, 3.63) is 23.9 Å². The number of rotatable bonds is 2. The highest BCUT2D eigenvalue weighted by Crippen LogP contribution is 2.26. The van der Waals surface area contributed by atoms with E-state index in [1.165, 1.54) is 6.42 Å². The summed E-state index contributed by atoms with van der Waals surface area (Å²) in [5.41, 5.74) is 0.945. The van der Waals surface area contributed by atoms with Gasteiger partial charge in [-0.05, 0) is 42.9 Å². The summed E-state index contributed by atoms with van der Waals surface area (Å²) in [4.78, 5) is 6.77. The number of aliphatic hydroxyl groups is 1. The van der Waals surface area contributed by atoms with Crippen molar-refractivity contribution in [2.75, 3.05) is 18.0 Å². The molecule has 1 aliphatic rings. The Balaban J connectivity index is 2.18. The summed E-state index contributed by atoms with van der Waals surface area (Å²) in [7, 11) is 0. The number of anilines is 1. The lowest BCUT2D eigenvalue weighted by molar-refractivity contribution is 0.199. The Morgan fingerprint density at radius 1 is 1.35 bits per heavy atom. The molecule has 1 aromatic heterocycles. The van der Waals surface area contributed by atoms with Crippen LogP contribution in [-0.2, 0) is 0 Å². The van der Waals surface area contributed by atoms with Gasteiger partial charge in [0.15, 0.2) is 0 Å². The van der Waals surface area contributed by atoms with Crippen LogP contribution in [0.25, 0.3) is 0 Å². The van der Waals surface area contributed by atoms with Crippen molar-refractivity contribution in [2.45, 2.75) is 33.3 Å². The van der Waals surface area contributed by atoms with Gasteiger partial charge in [0.25, 0.3) is 0 Å². The first kappa shape index (κ1) is 12.4. The molecule has 3 nitrogen and oxygen atoms in total. The molecule has 1 N–H and O–H groups in total. The molecule has 3 heteroatoms. The van der Waals surface area contributed by atoms with Crippen LogP contribution >= 0.6 is 0 Å². The molecule has 2 unspecified atom stereocenters. The molecule has 0 amide bonds. The first-order valence-electron chi connectivity index (χ1n) is 6.45. The Morgan fingerprint density at radius 3 is 2.59 bits per heavy atom. The second-order valence-electron chi connectivity index (χ2n) is 5.47. The highest BCUT2D eigenvalue weighted by molar-refractivity contribution is 5.42. The molecule has 1 saturated heterocycles. The van der Waals surface area contributed by atoms with Crippen LogP contribution in [0, 0.1) is 11.8 Å². The molecule has 0 radical (unpaired) electrons. The molecule has 0 spiro atoms. The molecule has 1 aromatic rings. The van der Waals surface area contributed by atoms with E-state index in [-0.39, 0.29) is 0 Å². The van der Waals surface area contributed by atoms with Crippen LogP contribution in [0.4, 0.5) is 5.82 Å². The Kier molecular flexibility index (Phi) is 3.67. The fourth-order valence-electron chi connectivity index (χ4n) is 2.72. The average Bonchev–Trinajstić information content (AvgIpc) is 2.28. The number of piperidine rings is 1. The smallest absolute Gasteiger partial charge is 0.128 e. The van der Waals surface area contributed by atoms with Crippen LogP contribution < -0.4 is 4.90 Å². The molecule has 2 heterocycles. The monoisotopic (exact) mass is 234 g/mol. The Bertz CT molecular complexity index is 368. The van der Waals surface area contributed by atoms with Crippen molar-refractivity contribution in [3.8, 4) is 0 Å². The van der Waals surface area contributed by atoms with E-state index in [1.807, 2.05) is 12.1 Å². The molecule has 94 valence electrons. The summed E-state index contributed by atoms with van der Waals surface area (Å²) in [5.74, 6) is 2.44. The second kappa shape index (κ2) is 5.05. The van der Waals surface area contributed by atoms with Gasteiger partial charge in [0, 0.05) is 19.3 Å². The summed E-state index contributed by atoms with van der Waals surface area (Å²) in [5, 5.41) is 9.60. The van der Waals surface area contributed by atoms with Crippen LogP contribution in [0.5, 0.6) is 0 Å². The van der Waals surface area contributed by atoms with Gasteiger partial charge in [0.05, 0.1) is 6.10 Å². The maximum Gasteiger partial charge on any atom is 0.128 e. The van der Waals surface area contributed by atoms with Crippen molar-refractivity contribution >= 4 is 5.82 Å². The van der Waals surface area contributed by atoms with E-state index < -0.39 is 6.10 Å². The predicted molar refractivity (Wildman–Crippen MR) is 70.0 cm³/mol. The predicted octanol–water partition coefficient (Wildman–Crippen LogP) is 2.62. The van der Waals surface area contributed by atoms with Crippen LogP contribution in [0.3, 0.4) is 0 Å². The lowest BCUT2D eigenvalue weighted by Gasteiger charge is -2.36. The zero-order valence-corrected chi connectivity index (χ0v) is 10.9. The largest absolute Gasteiger partial charge is 0.389 e. The van der Waals surface area contributed by atoms with Crippen molar-refractivity contribution in [1.82, 2.24) is 4.98 Å². The van der Waals surface area contributed by atoms with Crippen LogP contribution in [0.15, 0.2) is 18.3 Å². The standard InChI is InChI=1S/C14H22N2O/c1-10-6-11(2)9-16(8-10)14-7-13(12(3)17)4-5-15-14/h4-5,7,10-12,17H,6,8-9H2,1-3H3/t10?,11?,12-/m1/s1. The van der Waals surface area contributed by atoms with E-state index in [1.54, 1.807) is 13.1 Å². The zero-order chi connectivity index (χ0) is 12.4. The summed E-state index contributed by atoms with van der Waals surface area (Å²) >= 11 is 0. The average molecular weight is 234 g/mol. The summed E-state index contributed by atoms with van der Waals surface area (Å²) in [6.45, 7) is 8.52. The molecule has 0 aromatic carbocycles. The van der Waals surface area contributed by atoms with Gasteiger partial charge in [0.2, 0.25) is 0 Å². The van der Waals surface area contributed by atoms with Crippen LogP contribution in [0.2, 0.25) is 0 Å². The zero-order valence-electron chi connectivity index (χ0n) is 10.9. The molecule has 1 fully saturated rings. The van der Waals surface area contributed by atoms with Crippen LogP contribution in [-0.4, -0.2) is 23.2 Å². The summed E-state index contributed by atoms with van der Waals surface area (Å²) in [6, 6.07) is 3.89. The van der Waals surface area contributed by atoms with E-state index in [0.29, 0.717) is 0 Å². The lowest BCUT2D eigenvalue weighted by Crippen LogP contribution is -2.39. The van der Waals surface area contributed by atoms with Gasteiger partial charge in [-0.15, -0.1) is 0 Å². The van der Waals surface area contributed by atoms with Gasteiger partial charge in [-0.2, -0.15) is 0 Å². The lowest BCUT2D eigenvalue weighted by atomic mass is 9.92. The van der Waals surface area contributed by atoms with Crippen molar-refractivity contribution in [1.29, 1.82) is 0 Å². The highest BCUT2D eigenvalue weighted by Gasteiger charge is 2.22. The normalized spacial score (nSPS) is 26.9. The number of aliphatic hydroxyl groups excluding tert-OH is 1. The first-order chi connectivity index (χ1) is 8.06. The summed E-state index contributed by atoms with van der Waals surface area (Å²) in [6.07, 6.45) is 2.67. The maximum atomic E-state index is 9.60. The maximum absolute atomic E-state index is 9.60. The highest BCUT2D eigenvalue weighted by atomic mass is 16.3. The fraction of sp³-hybridized carbons (Fsp3) is 0.643. The topological polar surface area (TPSA) is 36.4 Å². The molecule has 3 atom stereocenters. The molecular weight excluding hydrogens is 212 g/mol. The fourth-order valence-corrected chi connectivity index (χ4v) is 2.72. The minimum absolute atomic E-state index is 0.420. The molecular formula is C14H22N2O. The van der Waals surface area contributed by atoms with Crippen molar-refractivity contribution < 1.29 is 5.11 Å². The Morgan fingerprint density at radius 2 is 2.00 bits per heavy atom. The van der Waals surface area contributed by atoms with Crippen LogP contribution in [0.1, 0.15) is 38.9 Å². The van der Waals surface area contributed by atoms with E-state index in [0.717, 1.165) is 36.3 Å². The van der Waals surface area contributed by atoms with E-state index >= 15 is 0 Å². The molecule has 0 saturated carbocycles. The number of aromatic nitrogens is 1. The third-order valence-electron chi connectivity index (χ3n) is 3.44. The number of nitrogens with zero attached hydrogens (tertiary/aromatic N) is 2. The SMILES string of the molecule is CC1CC(C)CN(c2cc([C@@H](C)O)ccn2)C1. The van der Waals surface area contributed by atoms with E-state index in [4.69, 9.17) is 0 Å². The molecule has 17 heavy (non-hydrogen) atoms. The quantitative estimate of drug-likeness (QED) is 0.854. The van der Waals surface area contributed by atoms with Gasteiger partial charge in [0.1, 0.15) is 5.82 Å². The van der Waals surface area contributed by atoms with Gasteiger partial charge < -0.3 is 10.0 Å². The second-order valence-corrected chi connectivity index (χ2v) is 5.47. The first-order valence-corrected chi connectivity index (χ1v) is 6.45. The van der Waals surface area contributed by atoms with Crippen molar-refractivity contribution in [2.24, 2.45) is 11.8 Å². The molecule has 1 aliphatic heterocycles. The molecule has 2 rings (SSSR count). The summed E-state index contributed by atoms with van der Waals surface area (Å²) < 4.78 is 0. The van der Waals surface area contributed by atoms with E-state index in [9.17, 15) is 5.11 Å². The Hall–Kier alpha value is -1.09. The minimum Gasteiger partial charge on any atom is -0.389 e. The number of hydrogen-bond donors (Lipinski definition) is 1. The third-order valence-corrected chi connectivity index (χ3v) is 3.44.